The molecule has 2 aromatic carbocycles. The number of benzene rings is 2. The molecule has 0 unspecified atom stereocenters. The number of nitrogens with zero attached hydrogens (tertiary/aromatic N) is 11. The summed E-state index contributed by atoms with van der Waals surface area (Å²) in [6.07, 6.45) is -3.17. The molecule has 2 N–H and O–H groups in total. The summed E-state index contributed by atoms with van der Waals surface area (Å²) in [4.78, 5) is 58.4. The van der Waals surface area contributed by atoms with E-state index in [9.17, 15) is 32.7 Å². The third-order valence-electron chi connectivity index (χ3n) is 8.86. The van der Waals surface area contributed by atoms with Crippen LogP contribution in [0.2, 0.25) is 5.02 Å². The van der Waals surface area contributed by atoms with Gasteiger partial charge in [0, 0.05) is 38.8 Å². The number of aromatic nitrogens is 9. The minimum atomic E-state index is -4.63. The Morgan fingerprint density at radius 2 is 1.74 bits per heavy atom. The number of hydrogen-bond acceptors (Lipinski definition) is 11. The summed E-state index contributed by atoms with van der Waals surface area (Å²) in [5.41, 5.74) is 1.02. The first-order valence-corrected chi connectivity index (χ1v) is 16.7. The van der Waals surface area contributed by atoms with Crippen LogP contribution in [0.15, 0.2) is 47.5 Å². The topological polar surface area (TPSA) is 182 Å². The van der Waals surface area contributed by atoms with Gasteiger partial charge in [-0.15, -0.1) is 5.10 Å². The highest BCUT2D eigenvalue weighted by atomic mass is 35.5. The molecule has 5 heterocycles. The number of carbonyl (C=O) groups is 2. The largest absolute Gasteiger partial charge is 0.504 e. The Morgan fingerprint density at radius 3 is 2.43 bits per heavy atom. The summed E-state index contributed by atoms with van der Waals surface area (Å²) in [7, 11) is 1.68. The SMILES string of the molecule is CCc1c(N2CCN(C(=O)c3ncnc(C)c3O)CC2)c(=O)n2nc(-c3ccc4nn(C)nc4c3)nc2n1CC(=O)Nc1ccc(C(F)(F)F)cc1Cl. The van der Waals surface area contributed by atoms with Gasteiger partial charge in [0.1, 0.15) is 29.6 Å². The summed E-state index contributed by atoms with van der Waals surface area (Å²) >= 11 is 6.13. The Morgan fingerprint density at radius 1 is 1.00 bits per heavy atom. The summed E-state index contributed by atoms with van der Waals surface area (Å²) in [5.74, 6) is -1.24. The van der Waals surface area contributed by atoms with E-state index >= 15 is 0 Å². The molecule has 274 valence electrons. The van der Waals surface area contributed by atoms with Crippen LogP contribution in [0.5, 0.6) is 5.75 Å². The molecule has 0 radical (unpaired) electrons. The van der Waals surface area contributed by atoms with Crippen molar-refractivity contribution >= 4 is 51.6 Å². The second-order valence-corrected chi connectivity index (χ2v) is 12.7. The molecule has 7 rings (SSSR count). The van der Waals surface area contributed by atoms with Crippen LogP contribution in [0.4, 0.5) is 24.5 Å². The van der Waals surface area contributed by atoms with Gasteiger partial charge in [0.05, 0.1) is 27.7 Å². The van der Waals surface area contributed by atoms with Gasteiger partial charge in [-0.3, -0.25) is 14.4 Å². The van der Waals surface area contributed by atoms with Crippen molar-refractivity contribution in [2.45, 2.75) is 33.0 Å². The van der Waals surface area contributed by atoms with E-state index in [0.29, 0.717) is 22.3 Å². The van der Waals surface area contributed by atoms with E-state index in [-0.39, 0.29) is 77.7 Å². The predicted molar refractivity (Wildman–Crippen MR) is 186 cm³/mol. The van der Waals surface area contributed by atoms with E-state index in [0.717, 1.165) is 22.7 Å². The van der Waals surface area contributed by atoms with Crippen LogP contribution in [0.3, 0.4) is 0 Å². The van der Waals surface area contributed by atoms with Gasteiger partial charge in [0.15, 0.2) is 17.3 Å². The molecule has 20 heteroatoms. The maximum absolute atomic E-state index is 14.3. The summed E-state index contributed by atoms with van der Waals surface area (Å²) < 4.78 is 42.4. The molecule has 16 nitrogen and oxygen atoms in total. The number of piperazine rings is 1. The Kier molecular flexibility index (Phi) is 8.96. The predicted octanol–water partition coefficient (Wildman–Crippen LogP) is 3.48. The molecule has 2 amide bonds. The van der Waals surface area contributed by atoms with Crippen molar-refractivity contribution in [3.63, 3.8) is 0 Å². The van der Waals surface area contributed by atoms with Gasteiger partial charge in [-0.1, -0.05) is 18.5 Å². The zero-order chi connectivity index (χ0) is 37.8. The highest BCUT2D eigenvalue weighted by molar-refractivity contribution is 6.33. The molecular weight excluding hydrogens is 721 g/mol. The quantitative estimate of drug-likeness (QED) is 0.244. The molecule has 0 atom stereocenters. The lowest BCUT2D eigenvalue weighted by Crippen LogP contribution is -2.51. The first-order chi connectivity index (χ1) is 25.2. The fourth-order valence-corrected chi connectivity index (χ4v) is 6.47. The smallest absolute Gasteiger partial charge is 0.416 e. The van der Waals surface area contributed by atoms with Crippen molar-refractivity contribution in [3.8, 4) is 17.1 Å². The highest BCUT2D eigenvalue weighted by Gasteiger charge is 2.32. The Balaban J connectivity index is 1.27. The van der Waals surface area contributed by atoms with Crippen molar-refractivity contribution in [1.29, 1.82) is 0 Å². The molecular formula is C33H30ClF3N12O4. The Hall–Kier alpha value is -6.11. The van der Waals surface area contributed by atoms with Gasteiger partial charge in [-0.05, 0) is 49.7 Å². The maximum Gasteiger partial charge on any atom is 0.416 e. The zero-order valence-electron chi connectivity index (χ0n) is 28.4. The number of anilines is 2. The number of fused-ring (bicyclic) bond motifs is 2. The van der Waals surface area contributed by atoms with Crippen LogP contribution < -0.4 is 15.8 Å². The van der Waals surface area contributed by atoms with E-state index in [1.807, 2.05) is 0 Å². The molecule has 0 spiro atoms. The van der Waals surface area contributed by atoms with Crippen molar-refractivity contribution in [1.82, 2.24) is 49.0 Å². The van der Waals surface area contributed by atoms with Gasteiger partial charge in [-0.25, -0.2) is 9.97 Å². The fourth-order valence-electron chi connectivity index (χ4n) is 6.25. The zero-order valence-corrected chi connectivity index (χ0v) is 29.1. The van der Waals surface area contributed by atoms with Crippen molar-refractivity contribution < 1.29 is 27.9 Å². The van der Waals surface area contributed by atoms with E-state index in [4.69, 9.17) is 11.6 Å². The maximum atomic E-state index is 14.3. The molecule has 1 aliphatic heterocycles. The minimum absolute atomic E-state index is 0.0369. The lowest BCUT2D eigenvalue weighted by molar-refractivity contribution is -0.137. The lowest BCUT2D eigenvalue weighted by Gasteiger charge is -2.36. The molecule has 4 aromatic heterocycles. The Labute approximate surface area is 302 Å². The minimum Gasteiger partial charge on any atom is -0.504 e. The van der Waals surface area contributed by atoms with Gasteiger partial charge < -0.3 is 24.8 Å². The third-order valence-corrected chi connectivity index (χ3v) is 9.17. The van der Waals surface area contributed by atoms with Gasteiger partial charge in [0.25, 0.3) is 11.5 Å². The number of amides is 2. The molecule has 1 saturated heterocycles. The van der Waals surface area contributed by atoms with Crippen LogP contribution in [-0.4, -0.2) is 92.1 Å². The summed E-state index contributed by atoms with van der Waals surface area (Å²) in [6.45, 7) is 3.72. The van der Waals surface area contributed by atoms with E-state index in [1.165, 1.54) is 20.6 Å². The summed E-state index contributed by atoms with van der Waals surface area (Å²) in [6, 6.07) is 7.79. The van der Waals surface area contributed by atoms with Crippen molar-refractivity contribution in [3.05, 3.63) is 80.7 Å². The molecule has 53 heavy (non-hydrogen) atoms. The number of aryl methyl sites for hydroxylation is 2. The molecule has 0 saturated carbocycles. The van der Waals surface area contributed by atoms with Gasteiger partial charge in [0.2, 0.25) is 11.7 Å². The molecule has 0 aliphatic carbocycles. The molecule has 6 aromatic rings. The lowest BCUT2D eigenvalue weighted by atomic mass is 10.2. The standard InChI is InChI=1S/C33H30ClF3N12O4/c1-4-24-27(46-9-11-47(12-10-46)30(52)26-28(51)17(2)38-16-39-26)31(53)49-32(41-29(44-49)18-5-7-22-23(13-18)43-45(3)42-22)48(24)15-25(50)40-21-8-6-19(14-20(21)34)33(35,36)37/h5-8,13-14,16,51H,4,9-12,15H2,1-3H3,(H,40,50). The van der Waals surface area contributed by atoms with Crippen molar-refractivity contribution in [2.24, 2.45) is 7.05 Å². The molecule has 1 aliphatic rings. The van der Waals surface area contributed by atoms with Crippen LogP contribution >= 0.6 is 11.6 Å². The third kappa shape index (κ3) is 6.58. The van der Waals surface area contributed by atoms with E-state index < -0.39 is 35.7 Å². The number of aromatic hydroxyl groups is 1. The number of alkyl halides is 3. The van der Waals surface area contributed by atoms with Crippen LogP contribution in [0.25, 0.3) is 28.2 Å². The number of carbonyl (C=O) groups excluding carboxylic acids is 2. The second kappa shape index (κ2) is 13.5. The van der Waals surface area contributed by atoms with Gasteiger partial charge >= 0.3 is 6.18 Å². The van der Waals surface area contributed by atoms with Gasteiger partial charge in [-0.2, -0.15) is 37.7 Å². The average Bonchev–Trinajstić information content (AvgIpc) is 3.74. The fraction of sp³-hybridized carbons (Fsp3) is 0.303. The van der Waals surface area contributed by atoms with Crippen LogP contribution in [0.1, 0.15) is 34.4 Å². The average molecular weight is 751 g/mol. The number of hydrogen-bond donors (Lipinski definition) is 2. The second-order valence-electron chi connectivity index (χ2n) is 12.3. The number of halogens is 4. The van der Waals surface area contributed by atoms with E-state index in [2.05, 4.69) is 35.6 Å². The summed E-state index contributed by atoms with van der Waals surface area (Å²) in [5, 5.41) is 25.8. The highest BCUT2D eigenvalue weighted by Crippen LogP contribution is 2.34. The van der Waals surface area contributed by atoms with Crippen LogP contribution in [-0.2, 0) is 31.0 Å². The monoisotopic (exact) mass is 750 g/mol. The first kappa shape index (κ1) is 35.3. The normalized spacial score (nSPS) is 13.6. The number of rotatable bonds is 7. The molecule has 0 bridgehead atoms. The van der Waals surface area contributed by atoms with E-state index in [1.54, 1.807) is 44.0 Å². The Bertz CT molecular complexity index is 2490. The van der Waals surface area contributed by atoms with Crippen LogP contribution in [0, 0.1) is 6.92 Å². The van der Waals surface area contributed by atoms with Crippen molar-refractivity contribution in [2.75, 3.05) is 36.4 Å². The molecule has 1 fully saturated rings. The number of nitrogens with one attached hydrogen (secondary N) is 1. The first-order valence-electron chi connectivity index (χ1n) is 16.3.